The Morgan fingerprint density at radius 2 is 1.00 bits per heavy atom. The molecule has 0 spiro atoms. The maximum absolute atomic E-state index is 12.2. The van der Waals surface area contributed by atoms with Crippen LogP contribution in [0.3, 0.4) is 0 Å². The van der Waals surface area contributed by atoms with E-state index in [1.807, 2.05) is 7.05 Å². The molecule has 0 fully saturated rings. The van der Waals surface area contributed by atoms with Crippen molar-refractivity contribution >= 4 is 5.78 Å². The highest BCUT2D eigenvalue weighted by atomic mass is 16.1. The maximum atomic E-state index is 12.2. The molecular formula is C30H61NO. The van der Waals surface area contributed by atoms with Crippen LogP contribution in [0.25, 0.3) is 0 Å². The van der Waals surface area contributed by atoms with E-state index in [1.54, 1.807) is 0 Å². The van der Waals surface area contributed by atoms with Crippen molar-refractivity contribution in [3.05, 3.63) is 0 Å². The quantitative estimate of drug-likeness (QED) is 0.133. The topological polar surface area (TPSA) is 29.1 Å². The molecule has 0 aromatic rings. The van der Waals surface area contributed by atoms with E-state index in [-0.39, 0.29) is 0 Å². The lowest BCUT2D eigenvalue weighted by atomic mass is 9.91. The molecule has 0 bridgehead atoms. The first-order valence-corrected chi connectivity index (χ1v) is 14.8. The molecule has 0 radical (unpaired) electrons. The van der Waals surface area contributed by atoms with Crippen LogP contribution in [0.5, 0.6) is 0 Å². The van der Waals surface area contributed by atoms with Crippen LogP contribution in [0, 0.1) is 11.8 Å². The number of Topliss-reactive ketones (excluding diaryl/α,β-unsaturated/α-hetero) is 1. The average molecular weight is 452 g/mol. The number of hydrogen-bond donors (Lipinski definition) is 1. The number of nitrogens with one attached hydrogen (secondary N) is 1. The third-order valence-corrected chi connectivity index (χ3v) is 7.25. The van der Waals surface area contributed by atoms with E-state index in [0.717, 1.165) is 38.1 Å². The lowest BCUT2D eigenvalue weighted by molar-refractivity contribution is -0.119. The number of carbonyl (C=O) groups excluding carboxylic acids is 1. The fourth-order valence-electron chi connectivity index (χ4n) is 4.71. The number of carbonyl (C=O) groups is 1. The highest BCUT2D eigenvalue weighted by molar-refractivity contribution is 5.78. The SMILES string of the molecule is CCCCCCCCCCCCCCCCCC(=O)CCC(C)CCC(C)CCCNC. The minimum atomic E-state index is 0.508. The summed E-state index contributed by atoms with van der Waals surface area (Å²) in [7, 11) is 2.03. The number of hydrogen-bond acceptors (Lipinski definition) is 2. The van der Waals surface area contributed by atoms with Crippen LogP contribution in [0.15, 0.2) is 0 Å². The van der Waals surface area contributed by atoms with Crippen LogP contribution < -0.4 is 5.32 Å². The van der Waals surface area contributed by atoms with Crippen LogP contribution in [0.4, 0.5) is 0 Å². The highest BCUT2D eigenvalue weighted by Gasteiger charge is 2.09. The summed E-state index contributed by atoms with van der Waals surface area (Å²) in [6, 6.07) is 0. The Hall–Kier alpha value is -0.370. The molecule has 1 N–H and O–H groups in total. The van der Waals surface area contributed by atoms with Crippen molar-refractivity contribution < 1.29 is 4.79 Å². The molecule has 0 aromatic heterocycles. The molecule has 192 valence electrons. The number of ketones is 1. The van der Waals surface area contributed by atoms with Crippen molar-refractivity contribution in [2.75, 3.05) is 13.6 Å². The summed E-state index contributed by atoms with van der Waals surface area (Å²) in [5.41, 5.74) is 0. The van der Waals surface area contributed by atoms with Gasteiger partial charge in [0.05, 0.1) is 0 Å². The van der Waals surface area contributed by atoms with Crippen molar-refractivity contribution in [2.24, 2.45) is 11.8 Å². The van der Waals surface area contributed by atoms with Crippen LogP contribution in [0.2, 0.25) is 0 Å². The van der Waals surface area contributed by atoms with Gasteiger partial charge < -0.3 is 5.32 Å². The molecule has 2 atom stereocenters. The third-order valence-electron chi connectivity index (χ3n) is 7.25. The summed E-state index contributed by atoms with van der Waals surface area (Å²) in [6.07, 6.45) is 28.7. The third kappa shape index (κ3) is 24.3. The fourth-order valence-corrected chi connectivity index (χ4v) is 4.71. The first kappa shape index (κ1) is 31.6. The Labute approximate surface area is 203 Å². The van der Waals surface area contributed by atoms with Gasteiger partial charge in [-0.2, -0.15) is 0 Å². The van der Waals surface area contributed by atoms with E-state index in [1.165, 1.54) is 116 Å². The van der Waals surface area contributed by atoms with Crippen molar-refractivity contribution in [1.29, 1.82) is 0 Å². The smallest absolute Gasteiger partial charge is 0.132 e. The zero-order valence-corrected chi connectivity index (χ0v) is 22.8. The van der Waals surface area contributed by atoms with Gasteiger partial charge in [0.1, 0.15) is 5.78 Å². The largest absolute Gasteiger partial charge is 0.320 e. The van der Waals surface area contributed by atoms with E-state index < -0.39 is 0 Å². The first-order chi connectivity index (χ1) is 15.6. The van der Waals surface area contributed by atoms with Crippen molar-refractivity contribution in [3.8, 4) is 0 Å². The molecule has 0 heterocycles. The molecule has 0 saturated carbocycles. The minimum Gasteiger partial charge on any atom is -0.320 e. The average Bonchev–Trinajstić information content (AvgIpc) is 2.79. The van der Waals surface area contributed by atoms with Gasteiger partial charge in [0.25, 0.3) is 0 Å². The maximum Gasteiger partial charge on any atom is 0.132 e. The molecule has 0 aliphatic carbocycles. The van der Waals surface area contributed by atoms with Gasteiger partial charge in [-0.05, 0) is 51.1 Å². The summed E-state index contributed by atoms with van der Waals surface area (Å²) in [4.78, 5) is 12.2. The summed E-state index contributed by atoms with van der Waals surface area (Å²) < 4.78 is 0. The molecule has 0 saturated heterocycles. The molecule has 0 amide bonds. The normalized spacial score (nSPS) is 13.4. The molecule has 32 heavy (non-hydrogen) atoms. The molecule has 2 nitrogen and oxygen atoms in total. The van der Waals surface area contributed by atoms with Gasteiger partial charge in [-0.25, -0.2) is 0 Å². The zero-order valence-electron chi connectivity index (χ0n) is 22.8. The number of unbranched alkanes of at least 4 members (excludes halogenated alkanes) is 14. The molecule has 0 rings (SSSR count). The second-order valence-corrected chi connectivity index (χ2v) is 10.8. The summed E-state index contributed by atoms with van der Waals surface area (Å²) in [5.74, 6) is 2.03. The predicted octanol–water partition coefficient (Wildman–Crippen LogP) is 9.65. The van der Waals surface area contributed by atoms with E-state index in [2.05, 4.69) is 26.1 Å². The minimum absolute atomic E-state index is 0.508. The van der Waals surface area contributed by atoms with Gasteiger partial charge in [-0.1, -0.05) is 124 Å². The van der Waals surface area contributed by atoms with Gasteiger partial charge in [-0.3, -0.25) is 4.79 Å². The summed E-state index contributed by atoms with van der Waals surface area (Å²) in [6.45, 7) is 8.14. The predicted molar refractivity (Wildman–Crippen MR) is 145 cm³/mol. The van der Waals surface area contributed by atoms with Gasteiger partial charge >= 0.3 is 0 Å². The molecule has 2 heteroatoms. The Bertz CT molecular complexity index is 381. The molecule has 0 aliphatic rings. The van der Waals surface area contributed by atoms with Gasteiger partial charge in [-0.15, -0.1) is 0 Å². The van der Waals surface area contributed by atoms with Gasteiger partial charge in [0, 0.05) is 12.8 Å². The van der Waals surface area contributed by atoms with E-state index in [4.69, 9.17) is 0 Å². The summed E-state index contributed by atoms with van der Waals surface area (Å²) in [5, 5.41) is 3.23. The molecule has 2 unspecified atom stereocenters. The molecular weight excluding hydrogens is 390 g/mol. The summed E-state index contributed by atoms with van der Waals surface area (Å²) >= 11 is 0. The second-order valence-electron chi connectivity index (χ2n) is 10.8. The Balaban J connectivity index is 3.34. The van der Waals surface area contributed by atoms with E-state index in [0.29, 0.717) is 11.7 Å². The molecule has 0 aromatic carbocycles. The monoisotopic (exact) mass is 451 g/mol. The van der Waals surface area contributed by atoms with Gasteiger partial charge in [0.2, 0.25) is 0 Å². The second kappa shape index (κ2) is 25.3. The van der Waals surface area contributed by atoms with E-state index >= 15 is 0 Å². The van der Waals surface area contributed by atoms with E-state index in [9.17, 15) is 4.79 Å². The Kier molecular flexibility index (Phi) is 25.0. The van der Waals surface area contributed by atoms with Crippen molar-refractivity contribution in [2.45, 2.75) is 162 Å². The first-order valence-electron chi connectivity index (χ1n) is 14.8. The lowest BCUT2D eigenvalue weighted by Crippen LogP contribution is -2.09. The van der Waals surface area contributed by atoms with Crippen LogP contribution in [0.1, 0.15) is 162 Å². The van der Waals surface area contributed by atoms with Crippen molar-refractivity contribution in [3.63, 3.8) is 0 Å². The number of rotatable bonds is 26. The highest BCUT2D eigenvalue weighted by Crippen LogP contribution is 2.20. The zero-order chi connectivity index (χ0) is 23.7. The van der Waals surface area contributed by atoms with Crippen molar-refractivity contribution in [1.82, 2.24) is 5.32 Å². The van der Waals surface area contributed by atoms with Crippen LogP contribution in [-0.4, -0.2) is 19.4 Å². The van der Waals surface area contributed by atoms with Crippen LogP contribution >= 0.6 is 0 Å². The molecule has 0 aliphatic heterocycles. The standard InChI is InChI=1S/C30H61NO/c1-5-6-7-8-9-10-11-12-13-14-15-16-17-18-19-22-30(32)26-25-29(3)24-23-28(2)21-20-27-31-4/h28-29,31H,5-27H2,1-4H3. The Morgan fingerprint density at radius 3 is 1.47 bits per heavy atom. The lowest BCUT2D eigenvalue weighted by Gasteiger charge is -2.15. The Morgan fingerprint density at radius 1 is 0.562 bits per heavy atom. The fraction of sp³-hybridized carbons (Fsp3) is 0.967. The van der Waals surface area contributed by atoms with Crippen LogP contribution in [-0.2, 0) is 4.79 Å². The van der Waals surface area contributed by atoms with Gasteiger partial charge in [0.15, 0.2) is 0 Å².